The molecule has 18 heavy (non-hydrogen) atoms. The van der Waals surface area contributed by atoms with Crippen LogP contribution in [0.4, 0.5) is 11.4 Å². The van der Waals surface area contributed by atoms with Crippen LogP contribution in [0.15, 0.2) is 35.2 Å². The van der Waals surface area contributed by atoms with Crippen molar-refractivity contribution in [1.82, 2.24) is 5.16 Å². The molecule has 1 amide bonds. The Morgan fingerprint density at radius 3 is 2.83 bits per heavy atom. The van der Waals surface area contributed by atoms with E-state index in [1.54, 1.807) is 0 Å². The molecule has 1 aromatic heterocycles. The molecule has 1 heterocycles. The Kier molecular flexibility index (Phi) is 2.92. The zero-order valence-corrected chi connectivity index (χ0v) is 8.86. The number of nitrogens with one attached hydrogen (secondary N) is 1. The van der Waals surface area contributed by atoms with Gasteiger partial charge in [0.1, 0.15) is 12.0 Å². The molecular weight excluding hydrogens is 242 g/mol. The minimum Gasteiger partial charge on any atom is -0.502 e. The van der Waals surface area contributed by atoms with E-state index in [-0.39, 0.29) is 5.56 Å². The number of nitrogens with zero attached hydrogens (tertiary/aromatic N) is 2. The van der Waals surface area contributed by atoms with Gasteiger partial charge in [-0.05, 0) is 12.1 Å². The summed E-state index contributed by atoms with van der Waals surface area (Å²) in [7, 11) is 0. The first kappa shape index (κ1) is 11.6. The maximum Gasteiger partial charge on any atom is 0.310 e. The fraction of sp³-hybridized carbons (Fsp3) is 0. The second-order valence-corrected chi connectivity index (χ2v) is 3.33. The molecule has 8 nitrogen and oxygen atoms in total. The Balaban J connectivity index is 2.21. The molecule has 0 aliphatic carbocycles. The Hall–Kier alpha value is -2.90. The van der Waals surface area contributed by atoms with Crippen LogP contribution >= 0.6 is 0 Å². The van der Waals surface area contributed by atoms with Gasteiger partial charge in [0, 0.05) is 11.6 Å². The van der Waals surface area contributed by atoms with Crippen molar-refractivity contribution >= 4 is 17.3 Å². The highest BCUT2D eigenvalue weighted by molar-refractivity contribution is 6.04. The lowest BCUT2D eigenvalue weighted by Gasteiger charge is -2.02. The van der Waals surface area contributed by atoms with Crippen LogP contribution in [0.1, 0.15) is 10.4 Å². The van der Waals surface area contributed by atoms with Crippen LogP contribution in [0.3, 0.4) is 0 Å². The maximum absolute atomic E-state index is 11.7. The Labute approximate surface area is 100.0 Å². The minimum absolute atomic E-state index is 0.0827. The molecule has 1 aromatic carbocycles. The maximum atomic E-state index is 11.7. The van der Waals surface area contributed by atoms with Crippen LogP contribution in [0.2, 0.25) is 0 Å². The van der Waals surface area contributed by atoms with E-state index in [1.165, 1.54) is 18.5 Å². The summed E-state index contributed by atoms with van der Waals surface area (Å²) >= 11 is 0. The highest BCUT2D eigenvalue weighted by Gasteiger charge is 2.16. The van der Waals surface area contributed by atoms with Gasteiger partial charge in [-0.2, -0.15) is 0 Å². The summed E-state index contributed by atoms with van der Waals surface area (Å²) in [6.07, 6.45) is 2.52. The summed E-state index contributed by atoms with van der Waals surface area (Å²) in [5.74, 6) is -1.11. The second kappa shape index (κ2) is 4.53. The van der Waals surface area contributed by atoms with E-state index < -0.39 is 22.3 Å². The number of amides is 1. The van der Waals surface area contributed by atoms with Crippen molar-refractivity contribution in [3.8, 4) is 5.75 Å². The number of phenols is 1. The van der Waals surface area contributed by atoms with Crippen molar-refractivity contribution in [3.05, 3.63) is 46.3 Å². The van der Waals surface area contributed by atoms with Gasteiger partial charge in [0.25, 0.3) is 5.91 Å². The zero-order chi connectivity index (χ0) is 13.1. The minimum atomic E-state index is -0.739. The zero-order valence-electron chi connectivity index (χ0n) is 8.86. The normalized spacial score (nSPS) is 10.0. The molecular formula is C10H7N3O5. The number of phenolic OH excluding ortho intramolecular Hbond substituents is 1. The smallest absolute Gasteiger partial charge is 0.310 e. The number of nitro benzene ring substituents is 1. The lowest BCUT2D eigenvalue weighted by molar-refractivity contribution is -0.385. The van der Waals surface area contributed by atoms with Gasteiger partial charge < -0.3 is 14.9 Å². The van der Waals surface area contributed by atoms with Crippen molar-refractivity contribution in [2.24, 2.45) is 0 Å². The largest absolute Gasteiger partial charge is 0.502 e. The number of rotatable bonds is 3. The molecule has 0 atom stereocenters. The van der Waals surface area contributed by atoms with Crippen molar-refractivity contribution in [2.45, 2.75) is 0 Å². The van der Waals surface area contributed by atoms with Crippen molar-refractivity contribution in [2.75, 3.05) is 5.32 Å². The summed E-state index contributed by atoms with van der Waals surface area (Å²) < 4.78 is 4.52. The van der Waals surface area contributed by atoms with E-state index >= 15 is 0 Å². The standard InChI is InChI=1S/C10H7N3O5/c14-9-3-6(1-2-8(9)13(16)17)10(15)12-7-4-11-18-5-7/h1-5,14H,(H,12,15). The Morgan fingerprint density at radius 2 is 2.28 bits per heavy atom. The van der Waals surface area contributed by atoms with Gasteiger partial charge in [-0.1, -0.05) is 5.16 Å². The first-order valence-corrected chi connectivity index (χ1v) is 4.76. The fourth-order valence-electron chi connectivity index (χ4n) is 1.29. The number of aromatic nitrogens is 1. The summed E-state index contributed by atoms with van der Waals surface area (Å²) in [5.41, 5.74) is -0.0336. The highest BCUT2D eigenvalue weighted by Crippen LogP contribution is 2.26. The molecule has 0 spiro atoms. The van der Waals surface area contributed by atoms with Gasteiger partial charge in [-0.25, -0.2) is 0 Å². The summed E-state index contributed by atoms with van der Waals surface area (Å²) in [4.78, 5) is 21.4. The predicted octanol–water partition coefficient (Wildman–Crippen LogP) is 1.54. The van der Waals surface area contributed by atoms with Gasteiger partial charge in [0.2, 0.25) is 0 Å². The number of anilines is 1. The third-order valence-corrected chi connectivity index (χ3v) is 2.12. The van der Waals surface area contributed by atoms with E-state index in [2.05, 4.69) is 15.0 Å². The number of carbonyl (C=O) groups is 1. The van der Waals surface area contributed by atoms with Gasteiger partial charge >= 0.3 is 5.69 Å². The van der Waals surface area contributed by atoms with Crippen LogP contribution in [0.5, 0.6) is 5.75 Å². The molecule has 2 rings (SSSR count). The summed E-state index contributed by atoms with van der Waals surface area (Å²) in [6, 6.07) is 3.31. The monoisotopic (exact) mass is 249 g/mol. The number of hydrogen-bond donors (Lipinski definition) is 2. The number of aromatic hydroxyl groups is 1. The topological polar surface area (TPSA) is 119 Å². The lowest BCUT2D eigenvalue weighted by Crippen LogP contribution is -2.11. The van der Waals surface area contributed by atoms with Gasteiger partial charge in [-0.3, -0.25) is 14.9 Å². The molecule has 2 aromatic rings. The Morgan fingerprint density at radius 1 is 1.50 bits per heavy atom. The number of nitro groups is 1. The summed E-state index contributed by atoms with van der Waals surface area (Å²) in [5, 5.41) is 25.7. The van der Waals surface area contributed by atoms with Crippen LogP contribution in [-0.4, -0.2) is 21.1 Å². The molecule has 0 aliphatic rings. The first-order chi connectivity index (χ1) is 8.58. The number of carbonyl (C=O) groups excluding carboxylic acids is 1. The number of benzene rings is 1. The lowest BCUT2D eigenvalue weighted by atomic mass is 10.2. The van der Waals surface area contributed by atoms with Crippen molar-refractivity contribution < 1.29 is 19.3 Å². The molecule has 0 fully saturated rings. The van der Waals surface area contributed by atoms with E-state index in [4.69, 9.17) is 0 Å². The molecule has 92 valence electrons. The van der Waals surface area contributed by atoms with Gasteiger partial charge in [0.15, 0.2) is 5.75 Å². The quantitative estimate of drug-likeness (QED) is 0.629. The molecule has 8 heteroatoms. The predicted molar refractivity (Wildman–Crippen MR) is 59.2 cm³/mol. The van der Waals surface area contributed by atoms with Crippen molar-refractivity contribution in [1.29, 1.82) is 0 Å². The third kappa shape index (κ3) is 2.26. The van der Waals surface area contributed by atoms with E-state index in [0.717, 1.165) is 12.1 Å². The van der Waals surface area contributed by atoms with E-state index in [9.17, 15) is 20.0 Å². The molecule has 0 saturated carbocycles. The molecule has 0 aliphatic heterocycles. The Bertz CT molecular complexity index is 594. The average Bonchev–Trinajstić information content (AvgIpc) is 2.81. The molecule has 0 radical (unpaired) electrons. The average molecular weight is 249 g/mol. The highest BCUT2D eigenvalue weighted by atomic mass is 16.6. The molecule has 0 unspecified atom stereocenters. The second-order valence-electron chi connectivity index (χ2n) is 3.33. The van der Waals surface area contributed by atoms with Crippen LogP contribution in [0, 0.1) is 10.1 Å². The first-order valence-electron chi connectivity index (χ1n) is 4.76. The SMILES string of the molecule is O=C(Nc1cnoc1)c1ccc([N+](=O)[O-])c(O)c1. The molecule has 0 bridgehead atoms. The van der Waals surface area contributed by atoms with Crippen LogP contribution in [0.25, 0.3) is 0 Å². The van der Waals surface area contributed by atoms with Gasteiger partial charge in [0.05, 0.1) is 11.1 Å². The van der Waals surface area contributed by atoms with Crippen LogP contribution in [-0.2, 0) is 0 Å². The number of hydrogen-bond acceptors (Lipinski definition) is 6. The van der Waals surface area contributed by atoms with Gasteiger partial charge in [-0.15, -0.1) is 0 Å². The van der Waals surface area contributed by atoms with Crippen LogP contribution < -0.4 is 5.32 Å². The third-order valence-electron chi connectivity index (χ3n) is 2.12. The van der Waals surface area contributed by atoms with Crippen molar-refractivity contribution in [3.63, 3.8) is 0 Å². The molecule has 0 saturated heterocycles. The summed E-state index contributed by atoms with van der Waals surface area (Å²) in [6.45, 7) is 0. The molecule has 2 N–H and O–H groups in total. The van der Waals surface area contributed by atoms with E-state index in [0.29, 0.717) is 5.69 Å². The van der Waals surface area contributed by atoms with E-state index in [1.807, 2.05) is 0 Å². The fourth-order valence-corrected chi connectivity index (χ4v) is 1.29.